The number of benzene rings is 1. The molecule has 4 fully saturated rings. The highest BCUT2D eigenvalue weighted by Gasteiger charge is 2.49. The highest BCUT2D eigenvalue weighted by atomic mass is 19.1. The van der Waals surface area contributed by atoms with E-state index in [0.29, 0.717) is 31.9 Å². The number of carbonyl (C=O) groups excluding carboxylic acids is 1. The molecule has 0 bridgehead atoms. The van der Waals surface area contributed by atoms with E-state index in [-0.39, 0.29) is 23.1 Å². The van der Waals surface area contributed by atoms with Crippen LogP contribution in [0.5, 0.6) is 0 Å². The van der Waals surface area contributed by atoms with Crippen LogP contribution in [-0.4, -0.2) is 86.3 Å². The Morgan fingerprint density at radius 1 is 1.00 bits per heavy atom. The fourth-order valence-corrected chi connectivity index (χ4v) is 7.52. The van der Waals surface area contributed by atoms with E-state index in [4.69, 9.17) is 14.2 Å². The minimum Gasteiger partial charge on any atom is -0.450 e. The molecular formula is C28H40FN3O4. The maximum atomic E-state index is 14.5. The van der Waals surface area contributed by atoms with Crippen molar-refractivity contribution in [2.45, 2.75) is 81.6 Å². The minimum absolute atomic E-state index is 0.0229. The summed E-state index contributed by atoms with van der Waals surface area (Å²) in [5.41, 5.74) is 2.48. The lowest BCUT2D eigenvalue weighted by Crippen LogP contribution is -2.53. The molecule has 0 aromatic heterocycles. The smallest absolute Gasteiger partial charge is 0.409 e. The average Bonchev–Trinajstić information content (AvgIpc) is 3.48. The van der Waals surface area contributed by atoms with Gasteiger partial charge in [-0.3, -0.25) is 0 Å². The molecule has 2 spiro atoms. The Morgan fingerprint density at radius 3 is 2.36 bits per heavy atom. The van der Waals surface area contributed by atoms with Crippen LogP contribution < -0.4 is 4.90 Å². The second kappa shape index (κ2) is 9.76. The molecule has 5 aliphatic rings. The monoisotopic (exact) mass is 501 g/mol. The summed E-state index contributed by atoms with van der Waals surface area (Å²) >= 11 is 0. The van der Waals surface area contributed by atoms with Crippen molar-refractivity contribution in [2.24, 2.45) is 0 Å². The van der Waals surface area contributed by atoms with Gasteiger partial charge in [0.1, 0.15) is 5.82 Å². The molecule has 0 atom stereocenters. The maximum absolute atomic E-state index is 14.5. The van der Waals surface area contributed by atoms with Gasteiger partial charge in [-0.25, -0.2) is 9.18 Å². The zero-order valence-electron chi connectivity index (χ0n) is 21.6. The van der Waals surface area contributed by atoms with E-state index in [1.54, 1.807) is 6.07 Å². The van der Waals surface area contributed by atoms with E-state index in [1.165, 1.54) is 11.3 Å². The lowest BCUT2D eigenvalue weighted by atomic mass is 9.73. The summed E-state index contributed by atoms with van der Waals surface area (Å²) in [4.78, 5) is 19.1. The van der Waals surface area contributed by atoms with Crippen LogP contribution in [0.3, 0.4) is 0 Å². The number of nitrogens with zero attached hydrogens (tertiary/aromatic N) is 3. The predicted octanol–water partition coefficient (Wildman–Crippen LogP) is 4.29. The zero-order valence-corrected chi connectivity index (χ0v) is 21.6. The SMILES string of the molecule is CCOC(=O)N1CCC(N2CCC3(CC2)CN(C2CCC4(CC2)OCCO4)c2ccc(F)cc23)CC1. The van der Waals surface area contributed by atoms with Crippen molar-refractivity contribution in [1.82, 2.24) is 9.80 Å². The number of likely N-dealkylation sites (tertiary alicyclic amines) is 2. The molecule has 7 nitrogen and oxygen atoms in total. The topological polar surface area (TPSA) is 54.5 Å². The third-order valence-corrected chi connectivity index (χ3v) is 9.55. The van der Waals surface area contributed by atoms with Gasteiger partial charge >= 0.3 is 6.09 Å². The van der Waals surface area contributed by atoms with Crippen LogP contribution in [0.2, 0.25) is 0 Å². The molecule has 4 heterocycles. The summed E-state index contributed by atoms with van der Waals surface area (Å²) < 4.78 is 31.6. The zero-order chi connectivity index (χ0) is 24.8. The van der Waals surface area contributed by atoms with Gasteiger partial charge in [-0.2, -0.15) is 0 Å². The number of fused-ring (bicyclic) bond motifs is 2. The van der Waals surface area contributed by atoms with Gasteiger partial charge in [-0.1, -0.05) is 0 Å². The molecule has 1 aromatic carbocycles. The van der Waals surface area contributed by atoms with Gasteiger partial charge in [-0.15, -0.1) is 0 Å². The average molecular weight is 502 g/mol. The van der Waals surface area contributed by atoms with Crippen LogP contribution in [0.4, 0.5) is 14.9 Å². The normalized spacial score (nSPS) is 26.6. The summed E-state index contributed by atoms with van der Waals surface area (Å²) in [7, 11) is 0. The van der Waals surface area contributed by atoms with E-state index in [9.17, 15) is 9.18 Å². The fraction of sp³-hybridized carbons (Fsp3) is 0.750. The van der Waals surface area contributed by atoms with Crippen molar-refractivity contribution in [2.75, 3.05) is 57.4 Å². The lowest BCUT2D eigenvalue weighted by molar-refractivity contribution is -0.178. The highest BCUT2D eigenvalue weighted by Crippen LogP contribution is 2.50. The fourth-order valence-electron chi connectivity index (χ4n) is 7.52. The summed E-state index contributed by atoms with van der Waals surface area (Å²) in [6.07, 6.45) is 7.91. The van der Waals surface area contributed by atoms with Gasteiger partial charge in [0.2, 0.25) is 0 Å². The Kier molecular flexibility index (Phi) is 6.63. The lowest BCUT2D eigenvalue weighted by Gasteiger charge is -2.46. The molecule has 3 saturated heterocycles. The molecule has 8 heteroatoms. The van der Waals surface area contributed by atoms with E-state index in [1.807, 2.05) is 24.0 Å². The number of halogens is 1. The van der Waals surface area contributed by atoms with Crippen molar-refractivity contribution in [1.29, 1.82) is 0 Å². The van der Waals surface area contributed by atoms with Gasteiger partial charge in [0, 0.05) is 55.7 Å². The second-order valence-electron chi connectivity index (χ2n) is 11.4. The van der Waals surface area contributed by atoms with Gasteiger partial charge in [0.15, 0.2) is 5.79 Å². The third-order valence-electron chi connectivity index (χ3n) is 9.55. The highest BCUT2D eigenvalue weighted by molar-refractivity contribution is 5.67. The number of piperidine rings is 2. The summed E-state index contributed by atoms with van der Waals surface area (Å²) in [6, 6.07) is 6.43. The Hall–Kier alpha value is -1.90. The Labute approximate surface area is 213 Å². The predicted molar refractivity (Wildman–Crippen MR) is 135 cm³/mol. The standard InChI is InChI=1S/C28H40FN3O4/c1-2-34-26(33)31-13-7-22(8-14-31)30-15-11-27(12-16-30)20-32(25-4-3-21(29)19-24(25)27)23-5-9-28(10-6-23)35-17-18-36-28/h3-4,19,22-23H,2,5-18,20H2,1H3. The summed E-state index contributed by atoms with van der Waals surface area (Å²) in [6.45, 7) is 8.27. The first-order chi connectivity index (χ1) is 17.5. The van der Waals surface area contributed by atoms with Crippen LogP contribution in [0.15, 0.2) is 18.2 Å². The molecule has 1 amide bonds. The first-order valence-electron chi connectivity index (χ1n) is 14.0. The van der Waals surface area contributed by atoms with Crippen LogP contribution in [0.1, 0.15) is 63.9 Å². The van der Waals surface area contributed by atoms with Crippen LogP contribution in [-0.2, 0) is 19.6 Å². The number of hydrogen-bond donors (Lipinski definition) is 0. The number of rotatable bonds is 3. The van der Waals surface area contributed by atoms with Crippen molar-refractivity contribution in [3.8, 4) is 0 Å². The summed E-state index contributed by atoms with van der Waals surface area (Å²) in [5.74, 6) is -0.479. The summed E-state index contributed by atoms with van der Waals surface area (Å²) in [5, 5.41) is 0. The van der Waals surface area contributed by atoms with Crippen molar-refractivity contribution < 1.29 is 23.4 Å². The number of amides is 1. The molecule has 1 aromatic rings. The molecule has 0 radical (unpaired) electrons. The van der Waals surface area contributed by atoms with Gasteiger partial charge in [0.05, 0.1) is 19.8 Å². The Bertz CT molecular complexity index is 942. The van der Waals surface area contributed by atoms with Crippen molar-refractivity contribution in [3.05, 3.63) is 29.6 Å². The molecular weight excluding hydrogens is 461 g/mol. The van der Waals surface area contributed by atoms with Crippen molar-refractivity contribution >= 4 is 11.8 Å². The molecule has 0 unspecified atom stereocenters. The van der Waals surface area contributed by atoms with Crippen LogP contribution in [0.25, 0.3) is 0 Å². The Morgan fingerprint density at radius 2 is 1.69 bits per heavy atom. The number of ether oxygens (including phenoxy) is 3. The first-order valence-corrected chi connectivity index (χ1v) is 14.0. The van der Waals surface area contributed by atoms with E-state index < -0.39 is 0 Å². The van der Waals surface area contributed by atoms with Crippen LogP contribution in [0, 0.1) is 5.82 Å². The van der Waals surface area contributed by atoms with Crippen LogP contribution >= 0.6 is 0 Å². The minimum atomic E-state index is -0.353. The Balaban J connectivity index is 1.11. The number of carbonyl (C=O) groups is 1. The van der Waals surface area contributed by atoms with Gasteiger partial charge in [-0.05, 0) is 82.3 Å². The van der Waals surface area contributed by atoms with E-state index in [2.05, 4.69) is 9.80 Å². The molecule has 6 rings (SSSR count). The molecule has 198 valence electrons. The first kappa shape index (κ1) is 24.4. The largest absolute Gasteiger partial charge is 0.450 e. The molecule has 1 aliphatic carbocycles. The van der Waals surface area contributed by atoms with E-state index in [0.717, 1.165) is 84.1 Å². The molecule has 1 saturated carbocycles. The molecule has 36 heavy (non-hydrogen) atoms. The molecule has 0 N–H and O–H groups in total. The quantitative estimate of drug-likeness (QED) is 0.616. The van der Waals surface area contributed by atoms with Crippen molar-refractivity contribution in [3.63, 3.8) is 0 Å². The molecule has 4 aliphatic heterocycles. The second-order valence-corrected chi connectivity index (χ2v) is 11.4. The number of anilines is 1. The van der Waals surface area contributed by atoms with Gasteiger partial charge in [0.25, 0.3) is 0 Å². The maximum Gasteiger partial charge on any atom is 0.409 e. The van der Waals surface area contributed by atoms with E-state index >= 15 is 0 Å². The number of hydrogen-bond acceptors (Lipinski definition) is 6. The third kappa shape index (κ3) is 4.39. The van der Waals surface area contributed by atoms with Gasteiger partial charge < -0.3 is 28.9 Å².